The number of para-hydroxylation sites is 1. The Labute approximate surface area is 164 Å². The van der Waals surface area contributed by atoms with Crippen LogP contribution in [0.15, 0.2) is 48.5 Å². The van der Waals surface area contributed by atoms with Crippen molar-refractivity contribution >= 4 is 11.6 Å². The molecular weight excluding hydrogens is 358 g/mol. The molecule has 0 aromatic heterocycles. The maximum atomic E-state index is 12.5. The van der Waals surface area contributed by atoms with Crippen LogP contribution in [0, 0.1) is 17.0 Å². The molecule has 1 saturated heterocycles. The zero-order chi connectivity index (χ0) is 19.9. The standard InChI is InChI=1S/C21H25N3O4/c1-16-5-4-7-17(13-16)20(23-9-11-28-12-10-23)15-22-21(25)14-18-6-2-3-8-19(18)24(26)27/h2-8,13,20H,9-12,14-15H2,1H3,(H,22,25). The number of nitro benzene ring substituents is 1. The smallest absolute Gasteiger partial charge is 0.273 e. The van der Waals surface area contributed by atoms with Crippen LogP contribution >= 0.6 is 0 Å². The van der Waals surface area contributed by atoms with Gasteiger partial charge in [-0.25, -0.2) is 0 Å². The van der Waals surface area contributed by atoms with E-state index in [-0.39, 0.29) is 24.1 Å². The Bertz CT molecular complexity index is 834. The van der Waals surface area contributed by atoms with Gasteiger partial charge in [-0.05, 0) is 12.5 Å². The van der Waals surface area contributed by atoms with Crippen LogP contribution in [0.2, 0.25) is 0 Å². The Morgan fingerprint density at radius 1 is 1.21 bits per heavy atom. The molecule has 0 bridgehead atoms. The summed E-state index contributed by atoms with van der Waals surface area (Å²) >= 11 is 0. The molecule has 7 nitrogen and oxygen atoms in total. The molecule has 28 heavy (non-hydrogen) atoms. The van der Waals surface area contributed by atoms with E-state index < -0.39 is 4.92 Å². The number of rotatable bonds is 7. The van der Waals surface area contributed by atoms with Crippen molar-refractivity contribution in [1.82, 2.24) is 10.2 Å². The maximum absolute atomic E-state index is 12.5. The first-order valence-electron chi connectivity index (χ1n) is 9.42. The Balaban J connectivity index is 1.69. The van der Waals surface area contributed by atoms with E-state index in [0.29, 0.717) is 25.3 Å². The predicted octanol–water partition coefficient (Wildman–Crippen LogP) is 2.64. The SMILES string of the molecule is Cc1cccc(C(CNC(=O)Cc2ccccc2[N+](=O)[O-])N2CCOCC2)c1. The van der Waals surface area contributed by atoms with E-state index in [1.54, 1.807) is 18.2 Å². The van der Waals surface area contributed by atoms with Gasteiger partial charge < -0.3 is 10.1 Å². The van der Waals surface area contributed by atoms with Gasteiger partial charge in [-0.1, -0.05) is 48.0 Å². The molecule has 1 amide bonds. The summed E-state index contributed by atoms with van der Waals surface area (Å²) in [5.74, 6) is -0.222. The second-order valence-electron chi connectivity index (χ2n) is 6.94. The van der Waals surface area contributed by atoms with Crippen LogP contribution in [-0.2, 0) is 16.0 Å². The Morgan fingerprint density at radius 2 is 1.96 bits per heavy atom. The molecule has 0 aliphatic carbocycles. The lowest BCUT2D eigenvalue weighted by Gasteiger charge is -2.35. The number of nitro groups is 1. The van der Waals surface area contributed by atoms with Gasteiger partial charge in [0.1, 0.15) is 0 Å². The van der Waals surface area contributed by atoms with Gasteiger partial charge in [0.2, 0.25) is 5.91 Å². The first-order chi connectivity index (χ1) is 13.5. The average molecular weight is 383 g/mol. The number of morpholine rings is 1. The third-order valence-corrected chi connectivity index (χ3v) is 4.95. The molecule has 1 atom stereocenters. The van der Waals surface area contributed by atoms with Crippen LogP contribution < -0.4 is 5.32 Å². The van der Waals surface area contributed by atoms with E-state index in [9.17, 15) is 14.9 Å². The van der Waals surface area contributed by atoms with Crippen molar-refractivity contribution in [2.45, 2.75) is 19.4 Å². The second-order valence-corrected chi connectivity index (χ2v) is 6.94. The number of benzene rings is 2. The number of amides is 1. The second kappa shape index (κ2) is 9.43. The summed E-state index contributed by atoms with van der Waals surface area (Å²) in [4.78, 5) is 25.5. The van der Waals surface area contributed by atoms with Gasteiger partial charge in [0.15, 0.2) is 0 Å². The molecule has 2 aromatic carbocycles. The molecule has 0 saturated carbocycles. The number of ether oxygens (including phenoxy) is 1. The van der Waals surface area contributed by atoms with E-state index >= 15 is 0 Å². The lowest BCUT2D eigenvalue weighted by atomic mass is 10.0. The van der Waals surface area contributed by atoms with Crippen LogP contribution in [0.1, 0.15) is 22.7 Å². The molecule has 0 spiro atoms. The van der Waals surface area contributed by atoms with Gasteiger partial charge in [-0.2, -0.15) is 0 Å². The van der Waals surface area contributed by atoms with Gasteiger partial charge in [0, 0.05) is 31.3 Å². The Morgan fingerprint density at radius 3 is 2.68 bits per heavy atom. The third kappa shape index (κ3) is 5.15. The summed E-state index contributed by atoms with van der Waals surface area (Å²) in [5.41, 5.74) is 2.71. The molecule has 0 radical (unpaired) electrons. The van der Waals surface area contributed by atoms with Crippen molar-refractivity contribution in [2.75, 3.05) is 32.8 Å². The van der Waals surface area contributed by atoms with Gasteiger partial charge in [-0.15, -0.1) is 0 Å². The first-order valence-corrected chi connectivity index (χ1v) is 9.42. The summed E-state index contributed by atoms with van der Waals surface area (Å²) in [5, 5.41) is 14.1. The van der Waals surface area contributed by atoms with Gasteiger partial charge in [0.05, 0.1) is 30.6 Å². The number of hydrogen-bond acceptors (Lipinski definition) is 5. The Kier molecular flexibility index (Phi) is 6.73. The number of hydrogen-bond donors (Lipinski definition) is 1. The number of nitrogens with one attached hydrogen (secondary N) is 1. The highest BCUT2D eigenvalue weighted by atomic mass is 16.6. The molecule has 1 unspecified atom stereocenters. The molecule has 7 heteroatoms. The molecule has 1 heterocycles. The fourth-order valence-electron chi connectivity index (χ4n) is 3.51. The van der Waals surface area contributed by atoms with Crippen molar-refractivity contribution in [2.24, 2.45) is 0 Å². The molecule has 148 valence electrons. The van der Waals surface area contributed by atoms with Crippen LogP contribution in [0.25, 0.3) is 0 Å². The van der Waals surface area contributed by atoms with Crippen LogP contribution in [0.5, 0.6) is 0 Å². The predicted molar refractivity (Wildman–Crippen MR) is 106 cm³/mol. The number of carbonyl (C=O) groups is 1. The van der Waals surface area contributed by atoms with Crippen LogP contribution in [0.4, 0.5) is 5.69 Å². The number of nitrogens with zero attached hydrogens (tertiary/aromatic N) is 2. The quantitative estimate of drug-likeness (QED) is 0.587. The molecular formula is C21H25N3O4. The minimum Gasteiger partial charge on any atom is -0.379 e. The van der Waals surface area contributed by atoms with Crippen molar-refractivity contribution in [3.63, 3.8) is 0 Å². The fourth-order valence-corrected chi connectivity index (χ4v) is 3.51. The van der Waals surface area contributed by atoms with E-state index in [0.717, 1.165) is 18.7 Å². The van der Waals surface area contributed by atoms with Crippen molar-refractivity contribution < 1.29 is 14.5 Å². The minimum absolute atomic E-state index is 0.0131. The molecule has 2 aromatic rings. The molecule has 3 rings (SSSR count). The summed E-state index contributed by atoms with van der Waals surface area (Å²) in [6.07, 6.45) is -0.0131. The van der Waals surface area contributed by atoms with Crippen LogP contribution in [-0.4, -0.2) is 48.6 Å². The third-order valence-electron chi connectivity index (χ3n) is 4.95. The summed E-state index contributed by atoms with van der Waals surface area (Å²) in [6, 6.07) is 14.7. The largest absolute Gasteiger partial charge is 0.379 e. The monoisotopic (exact) mass is 383 g/mol. The zero-order valence-corrected chi connectivity index (χ0v) is 16.0. The minimum atomic E-state index is -0.452. The summed E-state index contributed by atoms with van der Waals surface area (Å²) in [6.45, 7) is 5.45. The molecule has 1 fully saturated rings. The van der Waals surface area contributed by atoms with E-state index in [2.05, 4.69) is 22.3 Å². The zero-order valence-electron chi connectivity index (χ0n) is 16.0. The molecule has 1 N–H and O–H groups in total. The van der Waals surface area contributed by atoms with Crippen molar-refractivity contribution in [3.05, 3.63) is 75.3 Å². The fraction of sp³-hybridized carbons (Fsp3) is 0.381. The summed E-state index contributed by atoms with van der Waals surface area (Å²) < 4.78 is 5.46. The average Bonchev–Trinajstić information content (AvgIpc) is 2.69. The molecule has 1 aliphatic rings. The summed E-state index contributed by atoms with van der Waals surface area (Å²) in [7, 11) is 0. The number of aryl methyl sites for hydroxylation is 1. The van der Waals surface area contributed by atoms with Gasteiger partial charge >= 0.3 is 0 Å². The lowest BCUT2D eigenvalue weighted by Crippen LogP contribution is -2.44. The normalized spacial score (nSPS) is 15.8. The molecule has 1 aliphatic heterocycles. The van der Waals surface area contributed by atoms with Gasteiger partial charge in [-0.3, -0.25) is 19.8 Å². The lowest BCUT2D eigenvalue weighted by molar-refractivity contribution is -0.385. The highest BCUT2D eigenvalue weighted by Crippen LogP contribution is 2.23. The highest BCUT2D eigenvalue weighted by molar-refractivity contribution is 5.79. The highest BCUT2D eigenvalue weighted by Gasteiger charge is 2.24. The Hall–Kier alpha value is -2.77. The topological polar surface area (TPSA) is 84.7 Å². The first kappa shape index (κ1) is 20.0. The van der Waals surface area contributed by atoms with E-state index in [1.165, 1.54) is 11.6 Å². The van der Waals surface area contributed by atoms with E-state index in [4.69, 9.17) is 4.74 Å². The van der Waals surface area contributed by atoms with Crippen LogP contribution in [0.3, 0.4) is 0 Å². The van der Waals surface area contributed by atoms with E-state index in [1.807, 2.05) is 19.1 Å². The maximum Gasteiger partial charge on any atom is 0.273 e. The van der Waals surface area contributed by atoms with Gasteiger partial charge in [0.25, 0.3) is 5.69 Å². The van der Waals surface area contributed by atoms with Crippen molar-refractivity contribution in [3.8, 4) is 0 Å². The number of carbonyl (C=O) groups excluding carboxylic acids is 1. The van der Waals surface area contributed by atoms with Crippen molar-refractivity contribution in [1.29, 1.82) is 0 Å².